The second kappa shape index (κ2) is 7.46. The van der Waals surface area contributed by atoms with Gasteiger partial charge in [-0.05, 0) is 50.6 Å². The first-order valence-corrected chi connectivity index (χ1v) is 8.94. The van der Waals surface area contributed by atoms with E-state index in [1.165, 1.54) is 12.1 Å². The highest BCUT2D eigenvalue weighted by atomic mass is 32.2. The summed E-state index contributed by atoms with van der Waals surface area (Å²) in [6.45, 7) is 5.70. The number of hydroxylamine groups is 1. The average molecular weight is 348 g/mol. The SMILES string of the molecule is CCONC(=O)c1cc(S(=O)(=O)Nc2ccc(C)cc2)ccc1C. The van der Waals surface area contributed by atoms with Gasteiger partial charge in [0.2, 0.25) is 0 Å². The van der Waals surface area contributed by atoms with Crippen molar-refractivity contribution in [2.75, 3.05) is 11.3 Å². The molecule has 0 aliphatic carbocycles. The molecule has 0 atom stereocenters. The molecule has 128 valence electrons. The van der Waals surface area contributed by atoms with Crippen LogP contribution in [0.1, 0.15) is 28.4 Å². The van der Waals surface area contributed by atoms with E-state index in [1.807, 2.05) is 19.1 Å². The van der Waals surface area contributed by atoms with Gasteiger partial charge in [0.1, 0.15) is 0 Å². The van der Waals surface area contributed by atoms with E-state index >= 15 is 0 Å². The molecule has 6 nitrogen and oxygen atoms in total. The van der Waals surface area contributed by atoms with Crippen LogP contribution >= 0.6 is 0 Å². The molecule has 0 saturated heterocycles. The third kappa shape index (κ3) is 4.33. The summed E-state index contributed by atoms with van der Waals surface area (Å²) in [5, 5.41) is 0. The largest absolute Gasteiger partial charge is 0.280 e. The molecule has 1 amide bonds. The molecule has 2 aromatic carbocycles. The summed E-state index contributed by atoms with van der Waals surface area (Å²) < 4.78 is 27.5. The van der Waals surface area contributed by atoms with Crippen LogP contribution in [-0.4, -0.2) is 20.9 Å². The number of anilines is 1. The van der Waals surface area contributed by atoms with Gasteiger partial charge in [-0.25, -0.2) is 13.9 Å². The topological polar surface area (TPSA) is 84.5 Å². The van der Waals surface area contributed by atoms with Gasteiger partial charge < -0.3 is 0 Å². The van der Waals surface area contributed by atoms with Crippen molar-refractivity contribution in [1.29, 1.82) is 0 Å². The van der Waals surface area contributed by atoms with E-state index in [4.69, 9.17) is 4.84 Å². The van der Waals surface area contributed by atoms with E-state index in [-0.39, 0.29) is 10.5 Å². The molecule has 2 aromatic rings. The molecule has 0 saturated carbocycles. The molecule has 0 radical (unpaired) electrons. The lowest BCUT2D eigenvalue weighted by Crippen LogP contribution is -2.25. The van der Waals surface area contributed by atoms with Gasteiger partial charge in [-0.15, -0.1) is 0 Å². The molecule has 0 aliphatic rings. The highest BCUT2D eigenvalue weighted by molar-refractivity contribution is 7.92. The fraction of sp³-hybridized carbons (Fsp3) is 0.235. The zero-order chi connectivity index (χ0) is 17.7. The number of hydrogen-bond acceptors (Lipinski definition) is 4. The number of hydrogen-bond donors (Lipinski definition) is 2. The fourth-order valence-electron chi connectivity index (χ4n) is 2.04. The van der Waals surface area contributed by atoms with E-state index in [1.54, 1.807) is 32.0 Å². The molecule has 0 bridgehead atoms. The Hall–Kier alpha value is -2.38. The van der Waals surface area contributed by atoms with Gasteiger partial charge in [0.25, 0.3) is 15.9 Å². The molecule has 0 spiro atoms. The molecular weight excluding hydrogens is 328 g/mol. The maximum Gasteiger partial charge on any atom is 0.275 e. The zero-order valence-electron chi connectivity index (χ0n) is 13.8. The number of nitrogens with one attached hydrogen (secondary N) is 2. The van der Waals surface area contributed by atoms with Crippen molar-refractivity contribution in [2.45, 2.75) is 25.7 Å². The standard InChI is InChI=1S/C17H20N2O4S/c1-4-23-18-17(20)16-11-15(10-7-13(16)3)24(21,22)19-14-8-5-12(2)6-9-14/h5-11,19H,4H2,1-3H3,(H,18,20). The molecule has 2 N–H and O–H groups in total. The van der Waals surface area contributed by atoms with Crippen molar-refractivity contribution < 1.29 is 18.0 Å². The van der Waals surface area contributed by atoms with Gasteiger partial charge in [-0.1, -0.05) is 23.8 Å². The van der Waals surface area contributed by atoms with Crippen LogP contribution in [0.3, 0.4) is 0 Å². The third-order valence-corrected chi connectivity index (χ3v) is 4.76. The van der Waals surface area contributed by atoms with Crippen LogP contribution in [0, 0.1) is 13.8 Å². The lowest BCUT2D eigenvalue weighted by atomic mass is 10.1. The van der Waals surface area contributed by atoms with Gasteiger partial charge in [0.15, 0.2) is 0 Å². The normalized spacial score (nSPS) is 11.1. The number of amides is 1. The molecular formula is C17H20N2O4S. The van der Waals surface area contributed by atoms with Crippen LogP contribution in [0.25, 0.3) is 0 Å². The second-order valence-electron chi connectivity index (χ2n) is 5.31. The Morgan fingerprint density at radius 1 is 1.08 bits per heavy atom. The third-order valence-electron chi connectivity index (χ3n) is 3.38. The minimum absolute atomic E-state index is 0.00956. The van der Waals surface area contributed by atoms with Crippen molar-refractivity contribution in [2.24, 2.45) is 0 Å². The lowest BCUT2D eigenvalue weighted by molar-refractivity contribution is 0.0364. The van der Waals surface area contributed by atoms with E-state index in [2.05, 4.69) is 10.2 Å². The summed E-state index contributed by atoms with van der Waals surface area (Å²) in [6, 6.07) is 11.4. The Morgan fingerprint density at radius 2 is 1.75 bits per heavy atom. The summed E-state index contributed by atoms with van der Waals surface area (Å²) in [6.07, 6.45) is 0. The Morgan fingerprint density at radius 3 is 2.38 bits per heavy atom. The number of carbonyl (C=O) groups is 1. The predicted molar refractivity (Wildman–Crippen MR) is 92.3 cm³/mol. The van der Waals surface area contributed by atoms with Crippen molar-refractivity contribution in [3.8, 4) is 0 Å². The van der Waals surface area contributed by atoms with Crippen LogP contribution < -0.4 is 10.2 Å². The molecule has 0 fully saturated rings. The van der Waals surface area contributed by atoms with Gasteiger partial charge in [0, 0.05) is 11.3 Å². The summed E-state index contributed by atoms with van der Waals surface area (Å²) in [5.74, 6) is -0.485. The molecule has 7 heteroatoms. The van der Waals surface area contributed by atoms with Crippen LogP contribution in [-0.2, 0) is 14.9 Å². The maximum absolute atomic E-state index is 12.5. The number of sulfonamides is 1. The highest BCUT2D eigenvalue weighted by Gasteiger charge is 2.18. The van der Waals surface area contributed by atoms with E-state index in [0.717, 1.165) is 5.56 Å². The smallest absolute Gasteiger partial charge is 0.275 e. The van der Waals surface area contributed by atoms with Gasteiger partial charge in [-0.2, -0.15) is 0 Å². The van der Waals surface area contributed by atoms with Crippen molar-refractivity contribution in [1.82, 2.24) is 5.48 Å². The molecule has 2 rings (SSSR count). The Balaban J connectivity index is 2.30. The fourth-order valence-corrected chi connectivity index (χ4v) is 3.13. The number of carbonyl (C=O) groups excluding carboxylic acids is 1. The highest BCUT2D eigenvalue weighted by Crippen LogP contribution is 2.19. The summed E-state index contributed by atoms with van der Waals surface area (Å²) in [4.78, 5) is 16.9. The van der Waals surface area contributed by atoms with E-state index in [0.29, 0.717) is 17.9 Å². The number of rotatable bonds is 6. The molecule has 0 aromatic heterocycles. The zero-order valence-corrected chi connectivity index (χ0v) is 14.6. The van der Waals surface area contributed by atoms with Crippen LogP contribution in [0.5, 0.6) is 0 Å². The van der Waals surface area contributed by atoms with Gasteiger partial charge in [-0.3, -0.25) is 14.4 Å². The first-order chi connectivity index (χ1) is 11.3. The molecule has 0 aliphatic heterocycles. The minimum Gasteiger partial charge on any atom is -0.280 e. The number of benzene rings is 2. The number of aryl methyl sites for hydroxylation is 2. The van der Waals surface area contributed by atoms with Gasteiger partial charge in [0.05, 0.1) is 11.5 Å². The van der Waals surface area contributed by atoms with Crippen LogP contribution in [0.4, 0.5) is 5.69 Å². The van der Waals surface area contributed by atoms with Crippen molar-refractivity contribution >= 4 is 21.6 Å². The monoisotopic (exact) mass is 348 g/mol. The molecule has 0 heterocycles. The Kier molecular flexibility index (Phi) is 5.58. The first-order valence-electron chi connectivity index (χ1n) is 7.46. The van der Waals surface area contributed by atoms with E-state index in [9.17, 15) is 13.2 Å². The maximum atomic E-state index is 12.5. The minimum atomic E-state index is -3.79. The molecule has 24 heavy (non-hydrogen) atoms. The van der Waals surface area contributed by atoms with E-state index < -0.39 is 15.9 Å². The average Bonchev–Trinajstić information content (AvgIpc) is 2.54. The molecule has 0 unspecified atom stereocenters. The van der Waals surface area contributed by atoms with Crippen LogP contribution in [0.15, 0.2) is 47.4 Å². The lowest BCUT2D eigenvalue weighted by Gasteiger charge is -2.11. The summed E-state index contributed by atoms with van der Waals surface area (Å²) in [7, 11) is -3.79. The summed E-state index contributed by atoms with van der Waals surface area (Å²) in [5.41, 5.74) is 4.66. The van der Waals surface area contributed by atoms with Crippen molar-refractivity contribution in [3.63, 3.8) is 0 Å². The van der Waals surface area contributed by atoms with Crippen molar-refractivity contribution in [3.05, 3.63) is 59.2 Å². The Bertz CT molecular complexity index is 830. The predicted octanol–water partition coefficient (Wildman–Crippen LogP) is 2.79. The van der Waals surface area contributed by atoms with Crippen LogP contribution in [0.2, 0.25) is 0 Å². The summed E-state index contributed by atoms with van der Waals surface area (Å²) >= 11 is 0. The quantitative estimate of drug-likeness (QED) is 0.786. The van der Waals surface area contributed by atoms with Gasteiger partial charge >= 0.3 is 0 Å². The second-order valence-corrected chi connectivity index (χ2v) is 6.99. The first kappa shape index (κ1) is 18.0. The Labute approximate surface area is 141 Å².